The molecule has 3 aromatic heterocycles. The number of thiol groups is 1. The van der Waals surface area contributed by atoms with Crippen LogP contribution < -0.4 is 5.32 Å². The summed E-state index contributed by atoms with van der Waals surface area (Å²) in [7, 11) is -0.540. The van der Waals surface area contributed by atoms with Crippen molar-refractivity contribution < 1.29 is 22.7 Å². The topological polar surface area (TPSA) is 123 Å². The monoisotopic (exact) mass is 547 g/mol. The van der Waals surface area contributed by atoms with E-state index in [-0.39, 0.29) is 12.3 Å². The summed E-state index contributed by atoms with van der Waals surface area (Å²) in [6.45, 7) is 5.32. The van der Waals surface area contributed by atoms with Crippen molar-refractivity contribution in [1.82, 2.24) is 19.4 Å². The summed E-state index contributed by atoms with van der Waals surface area (Å²) in [4.78, 5) is 36.7. The Kier molecular flexibility index (Phi) is 6.85. The van der Waals surface area contributed by atoms with Crippen LogP contribution in [0, 0.1) is 0 Å². The summed E-state index contributed by atoms with van der Waals surface area (Å²) in [5, 5.41) is 4.14. The van der Waals surface area contributed by atoms with Crippen molar-refractivity contribution >= 4 is 45.2 Å². The summed E-state index contributed by atoms with van der Waals surface area (Å²) >= 11 is 0. The second-order valence-corrected chi connectivity index (χ2v) is 11.5. The highest BCUT2D eigenvalue weighted by molar-refractivity contribution is 7.72. The molecule has 0 saturated carbocycles. The number of hydrogen-bond donors (Lipinski definition) is 2. The van der Waals surface area contributed by atoms with E-state index in [1.807, 2.05) is 36.0 Å². The average Bonchev–Trinajstić information content (AvgIpc) is 3.43. The van der Waals surface area contributed by atoms with Gasteiger partial charge in [0.1, 0.15) is 27.8 Å². The van der Waals surface area contributed by atoms with Crippen LogP contribution >= 0.6 is 0 Å². The van der Waals surface area contributed by atoms with Gasteiger partial charge in [0, 0.05) is 31.0 Å². The molecule has 4 heterocycles. The van der Waals surface area contributed by atoms with Crippen LogP contribution in [-0.4, -0.2) is 51.2 Å². The van der Waals surface area contributed by atoms with Gasteiger partial charge in [0.2, 0.25) is 0 Å². The van der Waals surface area contributed by atoms with Gasteiger partial charge in [-0.25, -0.2) is 28.1 Å². The molecule has 4 aromatic rings. The number of ether oxygens (including phenoxy) is 1. The number of benzene rings is 1. The van der Waals surface area contributed by atoms with Gasteiger partial charge in [-0.2, -0.15) is 0 Å². The van der Waals surface area contributed by atoms with Gasteiger partial charge in [-0.1, -0.05) is 12.1 Å². The van der Waals surface area contributed by atoms with E-state index >= 15 is 0 Å². The third-order valence-corrected chi connectivity index (χ3v) is 7.02. The van der Waals surface area contributed by atoms with Crippen molar-refractivity contribution in [1.29, 1.82) is 0 Å². The molecule has 202 valence electrons. The van der Waals surface area contributed by atoms with Crippen LogP contribution in [0.5, 0.6) is 0 Å². The number of carbonyl (C=O) groups is 2. The molecule has 0 fully saturated rings. The maximum atomic E-state index is 13.7. The van der Waals surface area contributed by atoms with Crippen molar-refractivity contribution in [3.8, 4) is 11.1 Å². The molecule has 39 heavy (non-hydrogen) atoms. The fraction of sp³-hybridized carbons (Fsp3) is 0.286. The van der Waals surface area contributed by atoms with Gasteiger partial charge in [0.15, 0.2) is 0 Å². The first-order valence-electron chi connectivity index (χ1n) is 12.5. The highest BCUT2D eigenvalue weighted by atomic mass is 32.2. The zero-order valence-electron chi connectivity index (χ0n) is 22.1. The van der Waals surface area contributed by atoms with Crippen LogP contribution in [0.25, 0.3) is 22.2 Å². The quantitative estimate of drug-likeness (QED) is 0.340. The molecule has 2 amide bonds. The number of amides is 2. The molecule has 0 radical (unpaired) electrons. The normalized spacial score (nSPS) is 13.3. The summed E-state index contributed by atoms with van der Waals surface area (Å²) in [6.07, 6.45) is 4.93. The standard InChI is InChI=1S/C28H29N5O5S/c1-28(2,3)38-27(35)33-16-21-18(19-9-12-29-25-20(19)10-13-32(25)4)6-7-22(24(21)26(33)34)31-23-8-5-17(15-30-23)11-14-39(36)37/h5-10,12-13,15,39H,11,14,16H2,1-4H3,(H,30,31). The Bertz CT molecular complexity index is 1660. The van der Waals surface area contributed by atoms with E-state index in [1.54, 1.807) is 51.4 Å². The number of pyridine rings is 2. The number of rotatable bonds is 6. The molecule has 5 rings (SSSR count). The number of aryl methyl sites for hydroxylation is 2. The van der Waals surface area contributed by atoms with Gasteiger partial charge < -0.3 is 14.6 Å². The van der Waals surface area contributed by atoms with Gasteiger partial charge in [-0.3, -0.25) is 4.79 Å². The number of hydrogen-bond acceptors (Lipinski definition) is 8. The number of aromatic nitrogens is 3. The van der Waals surface area contributed by atoms with Crippen LogP contribution in [0.2, 0.25) is 0 Å². The zero-order chi connectivity index (χ0) is 27.9. The SMILES string of the molecule is Cn1ccc2c(-c3ccc(Nc4ccc(CC[SH](=O)=O)cn4)c4c3CN(C(=O)OC(C)(C)C)C4=O)ccnc21. The smallest absolute Gasteiger partial charge is 0.417 e. The summed E-state index contributed by atoms with van der Waals surface area (Å²) in [5.74, 6) is 0.0770. The van der Waals surface area contributed by atoms with E-state index in [4.69, 9.17) is 4.74 Å². The highest BCUT2D eigenvalue weighted by Crippen LogP contribution is 2.40. The molecule has 1 aliphatic heterocycles. The Morgan fingerprint density at radius 2 is 1.87 bits per heavy atom. The molecule has 0 saturated heterocycles. The Labute approximate surface area is 227 Å². The summed E-state index contributed by atoms with van der Waals surface area (Å²) < 4.78 is 29.3. The van der Waals surface area contributed by atoms with Crippen molar-refractivity contribution in [2.75, 3.05) is 11.1 Å². The molecular formula is C28H29N5O5S. The number of nitrogens with one attached hydrogen (secondary N) is 1. The minimum absolute atomic E-state index is 0.0530. The first kappa shape index (κ1) is 26.4. The molecule has 0 bridgehead atoms. The van der Waals surface area contributed by atoms with E-state index < -0.39 is 28.3 Å². The fourth-order valence-electron chi connectivity index (χ4n) is 4.65. The minimum atomic E-state index is -2.46. The lowest BCUT2D eigenvalue weighted by Gasteiger charge is -2.23. The lowest BCUT2D eigenvalue weighted by Crippen LogP contribution is -2.37. The van der Waals surface area contributed by atoms with Crippen LogP contribution in [0.15, 0.2) is 55.0 Å². The van der Waals surface area contributed by atoms with Crippen molar-refractivity contribution in [2.24, 2.45) is 7.05 Å². The molecule has 1 N–H and O–H groups in total. The predicted molar refractivity (Wildman–Crippen MR) is 149 cm³/mol. The lowest BCUT2D eigenvalue weighted by atomic mass is 9.94. The first-order chi connectivity index (χ1) is 18.5. The highest BCUT2D eigenvalue weighted by Gasteiger charge is 2.38. The van der Waals surface area contributed by atoms with Gasteiger partial charge in [0.05, 0.1) is 23.5 Å². The van der Waals surface area contributed by atoms with Crippen molar-refractivity contribution in [2.45, 2.75) is 39.3 Å². The van der Waals surface area contributed by atoms with E-state index in [1.165, 1.54) is 0 Å². The molecular weight excluding hydrogens is 518 g/mol. The predicted octanol–water partition coefficient (Wildman–Crippen LogP) is 4.42. The molecule has 1 aromatic carbocycles. The number of fused-ring (bicyclic) bond motifs is 2. The second kappa shape index (κ2) is 10.1. The van der Waals surface area contributed by atoms with Gasteiger partial charge >= 0.3 is 6.09 Å². The zero-order valence-corrected chi connectivity index (χ0v) is 23.0. The number of imide groups is 1. The maximum absolute atomic E-state index is 13.7. The van der Waals surface area contributed by atoms with Crippen LogP contribution in [0.3, 0.4) is 0 Å². The molecule has 1 aliphatic rings. The average molecular weight is 548 g/mol. The maximum Gasteiger partial charge on any atom is 0.417 e. The van der Waals surface area contributed by atoms with E-state index in [2.05, 4.69) is 15.3 Å². The third kappa shape index (κ3) is 5.35. The summed E-state index contributed by atoms with van der Waals surface area (Å²) in [6, 6.07) is 11.1. The lowest BCUT2D eigenvalue weighted by molar-refractivity contribution is 0.0248. The minimum Gasteiger partial charge on any atom is -0.443 e. The van der Waals surface area contributed by atoms with Crippen LogP contribution in [-0.2, 0) is 35.5 Å². The Morgan fingerprint density at radius 3 is 2.56 bits per heavy atom. The molecule has 0 atom stereocenters. The molecule has 0 unspecified atom stereocenters. The van der Waals surface area contributed by atoms with E-state index in [0.717, 1.165) is 32.6 Å². The molecule has 0 aliphatic carbocycles. The Hall–Kier alpha value is -4.25. The van der Waals surface area contributed by atoms with Crippen LogP contribution in [0.4, 0.5) is 16.3 Å². The van der Waals surface area contributed by atoms with Crippen molar-refractivity contribution in [3.05, 3.63) is 71.7 Å². The number of carbonyl (C=O) groups excluding carboxylic acids is 2. The second-order valence-electron chi connectivity index (χ2n) is 10.4. The molecule has 11 heteroatoms. The number of anilines is 2. The van der Waals surface area contributed by atoms with E-state index in [9.17, 15) is 18.0 Å². The van der Waals surface area contributed by atoms with Crippen molar-refractivity contribution in [3.63, 3.8) is 0 Å². The number of nitrogens with zero attached hydrogens (tertiary/aromatic N) is 4. The first-order valence-corrected chi connectivity index (χ1v) is 13.8. The fourth-order valence-corrected chi connectivity index (χ4v) is 5.09. The van der Waals surface area contributed by atoms with Gasteiger partial charge in [-0.05, 0) is 73.7 Å². The largest absolute Gasteiger partial charge is 0.443 e. The Morgan fingerprint density at radius 1 is 1.08 bits per heavy atom. The van der Waals surface area contributed by atoms with E-state index in [0.29, 0.717) is 29.1 Å². The molecule has 0 spiro atoms. The van der Waals surface area contributed by atoms with Gasteiger partial charge in [0.25, 0.3) is 5.91 Å². The Balaban J connectivity index is 1.56. The summed E-state index contributed by atoms with van der Waals surface area (Å²) in [5.41, 5.74) is 4.13. The molecule has 10 nitrogen and oxygen atoms in total. The third-order valence-electron chi connectivity index (χ3n) is 6.43. The van der Waals surface area contributed by atoms with Gasteiger partial charge in [-0.15, -0.1) is 0 Å². The van der Waals surface area contributed by atoms with Crippen LogP contribution in [0.1, 0.15) is 42.3 Å².